The first kappa shape index (κ1) is 20.2. The summed E-state index contributed by atoms with van der Waals surface area (Å²) in [7, 11) is 0. The number of hydrogen-bond donors (Lipinski definition) is 3. The SMILES string of the molecule is NC(CNc1ccc2c(c1)C(=O)N(C1CCC(=O)NC1=O)C2=O)c1ccccc1Br. The number of hydrogen-bond acceptors (Lipinski definition) is 6. The molecule has 4 rings (SSSR count). The van der Waals surface area contributed by atoms with Gasteiger partial charge in [-0.25, -0.2) is 0 Å². The van der Waals surface area contributed by atoms with Gasteiger partial charge in [-0.15, -0.1) is 0 Å². The number of imide groups is 2. The monoisotopic (exact) mass is 470 g/mol. The van der Waals surface area contributed by atoms with Crippen molar-refractivity contribution in [1.82, 2.24) is 10.2 Å². The zero-order chi connectivity index (χ0) is 21.4. The van der Waals surface area contributed by atoms with Crippen LogP contribution in [0.15, 0.2) is 46.9 Å². The van der Waals surface area contributed by atoms with Gasteiger partial charge in [-0.1, -0.05) is 34.1 Å². The van der Waals surface area contributed by atoms with Crippen molar-refractivity contribution in [2.24, 2.45) is 5.73 Å². The summed E-state index contributed by atoms with van der Waals surface area (Å²) in [6.07, 6.45) is 0.214. The van der Waals surface area contributed by atoms with Gasteiger partial charge in [0.2, 0.25) is 11.8 Å². The molecule has 1 fully saturated rings. The highest BCUT2D eigenvalue weighted by Gasteiger charge is 2.44. The smallest absolute Gasteiger partial charge is 0.262 e. The third kappa shape index (κ3) is 3.61. The second-order valence-electron chi connectivity index (χ2n) is 7.22. The Balaban J connectivity index is 1.50. The fourth-order valence-corrected chi connectivity index (χ4v) is 4.27. The van der Waals surface area contributed by atoms with E-state index in [1.807, 2.05) is 24.3 Å². The zero-order valence-electron chi connectivity index (χ0n) is 15.9. The van der Waals surface area contributed by atoms with Crippen molar-refractivity contribution in [3.63, 3.8) is 0 Å². The van der Waals surface area contributed by atoms with Crippen LogP contribution in [0.25, 0.3) is 0 Å². The van der Waals surface area contributed by atoms with E-state index in [9.17, 15) is 19.2 Å². The molecule has 1 saturated heterocycles. The second kappa shape index (κ2) is 8.00. The van der Waals surface area contributed by atoms with E-state index in [4.69, 9.17) is 5.73 Å². The molecular weight excluding hydrogens is 452 g/mol. The Hall–Kier alpha value is -3.04. The number of nitrogens with two attached hydrogens (primary N) is 1. The number of benzene rings is 2. The lowest BCUT2D eigenvalue weighted by molar-refractivity contribution is -0.136. The summed E-state index contributed by atoms with van der Waals surface area (Å²) in [6.45, 7) is 0.417. The minimum Gasteiger partial charge on any atom is -0.383 e. The van der Waals surface area contributed by atoms with Crippen LogP contribution in [-0.2, 0) is 9.59 Å². The maximum absolute atomic E-state index is 12.9. The maximum atomic E-state index is 12.9. The highest BCUT2D eigenvalue weighted by Crippen LogP contribution is 2.30. The molecule has 9 heteroatoms. The standard InChI is InChI=1S/C21H19BrN4O4/c22-15-4-2-1-3-13(15)16(23)10-24-11-5-6-12-14(9-11)21(30)26(20(12)29)17-7-8-18(27)25-19(17)28/h1-6,9,16-17,24H,7-8,10,23H2,(H,25,27,28). The van der Waals surface area contributed by atoms with Gasteiger partial charge < -0.3 is 11.1 Å². The molecule has 0 aromatic heterocycles. The molecule has 2 unspecified atom stereocenters. The summed E-state index contributed by atoms with van der Waals surface area (Å²) in [5.41, 5.74) is 8.31. The van der Waals surface area contributed by atoms with Gasteiger partial charge in [-0.2, -0.15) is 0 Å². The Labute approximate surface area is 180 Å². The Morgan fingerprint density at radius 3 is 2.57 bits per heavy atom. The van der Waals surface area contributed by atoms with Crippen LogP contribution in [-0.4, -0.2) is 41.1 Å². The summed E-state index contributed by atoms with van der Waals surface area (Å²) < 4.78 is 0.911. The largest absolute Gasteiger partial charge is 0.383 e. The van der Waals surface area contributed by atoms with E-state index in [-0.39, 0.29) is 30.0 Å². The molecule has 0 spiro atoms. The molecule has 2 atom stereocenters. The molecule has 0 radical (unpaired) electrons. The number of amides is 4. The minimum absolute atomic E-state index is 0.0869. The number of nitrogens with one attached hydrogen (secondary N) is 2. The molecule has 2 aromatic carbocycles. The Morgan fingerprint density at radius 1 is 1.10 bits per heavy atom. The van der Waals surface area contributed by atoms with Crippen molar-refractivity contribution in [2.45, 2.75) is 24.9 Å². The summed E-state index contributed by atoms with van der Waals surface area (Å²) >= 11 is 3.48. The average Bonchev–Trinajstić information content (AvgIpc) is 2.97. The summed E-state index contributed by atoms with van der Waals surface area (Å²) in [4.78, 5) is 50.0. The molecule has 2 heterocycles. The Bertz CT molecular complexity index is 1070. The lowest BCUT2D eigenvalue weighted by Crippen LogP contribution is -2.54. The third-order valence-corrected chi connectivity index (χ3v) is 5.99. The number of carbonyl (C=O) groups is 4. The van der Waals surface area contributed by atoms with E-state index in [0.717, 1.165) is 14.9 Å². The lowest BCUT2D eigenvalue weighted by Gasteiger charge is -2.27. The van der Waals surface area contributed by atoms with E-state index < -0.39 is 29.7 Å². The van der Waals surface area contributed by atoms with Crippen molar-refractivity contribution in [2.75, 3.05) is 11.9 Å². The van der Waals surface area contributed by atoms with Crippen molar-refractivity contribution >= 4 is 45.2 Å². The van der Waals surface area contributed by atoms with E-state index in [1.165, 1.54) is 0 Å². The minimum atomic E-state index is -0.977. The third-order valence-electron chi connectivity index (χ3n) is 5.27. The van der Waals surface area contributed by atoms with E-state index in [2.05, 4.69) is 26.6 Å². The molecule has 0 bridgehead atoms. The molecule has 8 nitrogen and oxygen atoms in total. The summed E-state index contributed by atoms with van der Waals surface area (Å²) in [5, 5.41) is 5.38. The average molecular weight is 471 g/mol. The van der Waals surface area contributed by atoms with Crippen molar-refractivity contribution < 1.29 is 19.2 Å². The first-order valence-electron chi connectivity index (χ1n) is 9.46. The number of halogens is 1. The van der Waals surface area contributed by atoms with Gasteiger partial charge in [0.25, 0.3) is 11.8 Å². The summed E-state index contributed by atoms with van der Waals surface area (Å²) in [5.74, 6) is -2.09. The van der Waals surface area contributed by atoms with Crippen LogP contribution in [0.4, 0.5) is 5.69 Å². The highest BCUT2D eigenvalue weighted by molar-refractivity contribution is 9.10. The quantitative estimate of drug-likeness (QED) is 0.574. The Kier molecular flexibility index (Phi) is 5.40. The van der Waals surface area contributed by atoms with Crippen LogP contribution in [0.2, 0.25) is 0 Å². The van der Waals surface area contributed by atoms with Crippen LogP contribution < -0.4 is 16.4 Å². The first-order valence-corrected chi connectivity index (χ1v) is 10.3. The van der Waals surface area contributed by atoms with Crippen LogP contribution in [0, 0.1) is 0 Å². The molecule has 2 aliphatic rings. The number of anilines is 1. The number of fused-ring (bicyclic) bond motifs is 1. The predicted octanol–water partition coefficient (Wildman–Crippen LogP) is 1.96. The fourth-order valence-electron chi connectivity index (χ4n) is 3.69. The topological polar surface area (TPSA) is 122 Å². The van der Waals surface area contributed by atoms with Crippen LogP contribution >= 0.6 is 15.9 Å². The van der Waals surface area contributed by atoms with E-state index >= 15 is 0 Å². The molecule has 4 amide bonds. The zero-order valence-corrected chi connectivity index (χ0v) is 17.4. The van der Waals surface area contributed by atoms with Crippen molar-refractivity contribution in [1.29, 1.82) is 0 Å². The lowest BCUT2D eigenvalue weighted by atomic mass is 10.0. The molecule has 0 saturated carbocycles. The molecule has 154 valence electrons. The second-order valence-corrected chi connectivity index (χ2v) is 8.07. The molecule has 2 aromatic rings. The Morgan fingerprint density at radius 2 is 1.83 bits per heavy atom. The number of rotatable bonds is 5. The predicted molar refractivity (Wildman–Crippen MR) is 113 cm³/mol. The van der Waals surface area contributed by atoms with Crippen LogP contribution in [0.3, 0.4) is 0 Å². The van der Waals surface area contributed by atoms with Gasteiger partial charge in [0.15, 0.2) is 0 Å². The molecular formula is C21H19BrN4O4. The van der Waals surface area contributed by atoms with Gasteiger partial charge >= 0.3 is 0 Å². The molecule has 30 heavy (non-hydrogen) atoms. The van der Waals surface area contributed by atoms with Gasteiger partial charge in [0, 0.05) is 29.2 Å². The fraction of sp³-hybridized carbons (Fsp3) is 0.238. The van der Waals surface area contributed by atoms with Gasteiger partial charge in [-0.05, 0) is 36.2 Å². The molecule has 4 N–H and O–H groups in total. The molecule has 2 aliphatic heterocycles. The van der Waals surface area contributed by atoms with E-state index in [1.54, 1.807) is 18.2 Å². The van der Waals surface area contributed by atoms with Gasteiger partial charge in [0.05, 0.1) is 11.1 Å². The highest BCUT2D eigenvalue weighted by atomic mass is 79.9. The first-order chi connectivity index (χ1) is 14.4. The van der Waals surface area contributed by atoms with Gasteiger partial charge in [0.1, 0.15) is 6.04 Å². The van der Waals surface area contributed by atoms with Crippen LogP contribution in [0.1, 0.15) is 45.2 Å². The van der Waals surface area contributed by atoms with Crippen LogP contribution in [0.5, 0.6) is 0 Å². The van der Waals surface area contributed by atoms with Gasteiger partial charge in [-0.3, -0.25) is 29.4 Å². The van der Waals surface area contributed by atoms with Crippen molar-refractivity contribution in [3.05, 3.63) is 63.6 Å². The molecule has 0 aliphatic carbocycles. The normalized spacial score (nSPS) is 19.5. The number of piperidine rings is 1. The summed E-state index contributed by atoms with van der Waals surface area (Å²) in [6, 6.07) is 11.2. The maximum Gasteiger partial charge on any atom is 0.262 e. The van der Waals surface area contributed by atoms with Crippen molar-refractivity contribution in [3.8, 4) is 0 Å². The number of carbonyl (C=O) groups excluding carboxylic acids is 4. The number of nitrogens with zero attached hydrogens (tertiary/aromatic N) is 1. The van der Waals surface area contributed by atoms with E-state index in [0.29, 0.717) is 12.2 Å².